The van der Waals surface area contributed by atoms with E-state index in [0.717, 1.165) is 0 Å². The summed E-state index contributed by atoms with van der Waals surface area (Å²) in [6.45, 7) is 1.51. The molecule has 0 amide bonds. The number of carboxylic acid groups (broad SMARTS) is 1. The second kappa shape index (κ2) is 5.98. The molecule has 2 N–H and O–H groups in total. The van der Waals surface area contributed by atoms with Gasteiger partial charge in [0.25, 0.3) is 0 Å². The molecule has 0 aliphatic heterocycles. The van der Waals surface area contributed by atoms with Crippen LogP contribution in [0.5, 0.6) is 0 Å². The number of methoxy groups -OCH3 is 1. The standard InChI is InChI=1S/C10H15NO6S/c1-7-9(10(12)13)5-8(17-7)6-11-18(14,15)4-3-16-2/h5,11H,3-4,6H2,1-2H3,(H,12,13). The van der Waals surface area contributed by atoms with Gasteiger partial charge in [-0.3, -0.25) is 0 Å². The molecule has 0 unspecified atom stereocenters. The van der Waals surface area contributed by atoms with E-state index in [1.165, 1.54) is 20.1 Å². The lowest BCUT2D eigenvalue weighted by Crippen LogP contribution is -2.27. The van der Waals surface area contributed by atoms with Gasteiger partial charge in [0.2, 0.25) is 10.0 Å². The van der Waals surface area contributed by atoms with Crippen LogP contribution in [0.4, 0.5) is 0 Å². The number of carbonyl (C=O) groups is 1. The number of furan rings is 1. The number of rotatable bonds is 7. The molecule has 0 atom stereocenters. The summed E-state index contributed by atoms with van der Waals surface area (Å²) in [4.78, 5) is 10.8. The van der Waals surface area contributed by atoms with Crippen molar-refractivity contribution in [2.45, 2.75) is 13.5 Å². The number of aromatic carboxylic acids is 1. The second-order valence-corrected chi connectivity index (χ2v) is 5.55. The second-order valence-electron chi connectivity index (χ2n) is 3.62. The highest BCUT2D eigenvalue weighted by atomic mass is 32.2. The Morgan fingerprint density at radius 2 is 2.22 bits per heavy atom. The number of sulfonamides is 1. The van der Waals surface area contributed by atoms with Crippen molar-refractivity contribution in [1.82, 2.24) is 4.72 Å². The Balaban J connectivity index is 2.64. The number of hydrogen-bond acceptors (Lipinski definition) is 5. The van der Waals surface area contributed by atoms with E-state index in [2.05, 4.69) is 9.46 Å². The Kier molecular flexibility index (Phi) is 4.88. The minimum atomic E-state index is -3.45. The molecule has 0 aromatic carbocycles. The van der Waals surface area contributed by atoms with Gasteiger partial charge in [-0.25, -0.2) is 17.9 Å². The van der Waals surface area contributed by atoms with Gasteiger partial charge in [-0.15, -0.1) is 0 Å². The molecule has 0 radical (unpaired) electrons. The van der Waals surface area contributed by atoms with Gasteiger partial charge in [0.05, 0.1) is 18.9 Å². The van der Waals surface area contributed by atoms with Crippen molar-refractivity contribution in [3.8, 4) is 0 Å². The summed E-state index contributed by atoms with van der Waals surface area (Å²) >= 11 is 0. The maximum Gasteiger partial charge on any atom is 0.339 e. The minimum Gasteiger partial charge on any atom is -0.478 e. The van der Waals surface area contributed by atoms with Crippen molar-refractivity contribution >= 4 is 16.0 Å². The van der Waals surface area contributed by atoms with Crippen molar-refractivity contribution in [3.63, 3.8) is 0 Å². The fraction of sp³-hybridized carbons (Fsp3) is 0.500. The van der Waals surface area contributed by atoms with Crippen LogP contribution in [0.25, 0.3) is 0 Å². The van der Waals surface area contributed by atoms with Gasteiger partial charge in [-0.2, -0.15) is 0 Å². The summed E-state index contributed by atoms with van der Waals surface area (Å²) in [5.74, 6) is -0.765. The van der Waals surface area contributed by atoms with Crippen LogP contribution < -0.4 is 4.72 Å². The van der Waals surface area contributed by atoms with Gasteiger partial charge in [0, 0.05) is 7.11 Å². The van der Waals surface area contributed by atoms with E-state index < -0.39 is 16.0 Å². The fourth-order valence-electron chi connectivity index (χ4n) is 1.29. The van der Waals surface area contributed by atoms with Crippen molar-refractivity contribution in [2.24, 2.45) is 0 Å². The molecule has 0 saturated carbocycles. The zero-order valence-corrected chi connectivity index (χ0v) is 10.9. The summed E-state index contributed by atoms with van der Waals surface area (Å²) in [7, 11) is -2.04. The first kappa shape index (κ1) is 14.7. The molecule has 18 heavy (non-hydrogen) atoms. The largest absolute Gasteiger partial charge is 0.478 e. The first-order valence-corrected chi connectivity index (χ1v) is 6.80. The van der Waals surface area contributed by atoms with Gasteiger partial charge in [0.1, 0.15) is 17.1 Å². The molecule has 7 nitrogen and oxygen atoms in total. The molecule has 1 heterocycles. The molecule has 0 fully saturated rings. The molecule has 102 valence electrons. The third kappa shape index (κ3) is 4.13. The first-order valence-electron chi connectivity index (χ1n) is 5.14. The average Bonchev–Trinajstić information content (AvgIpc) is 2.66. The normalized spacial score (nSPS) is 11.7. The minimum absolute atomic E-state index is 0.0288. The third-order valence-corrected chi connectivity index (χ3v) is 3.51. The Morgan fingerprint density at radius 3 is 2.72 bits per heavy atom. The smallest absolute Gasteiger partial charge is 0.339 e. The van der Waals surface area contributed by atoms with Crippen LogP contribution in [0.15, 0.2) is 10.5 Å². The molecule has 8 heteroatoms. The molecule has 0 aliphatic carbocycles. The maximum absolute atomic E-state index is 11.4. The van der Waals surface area contributed by atoms with Gasteiger partial charge >= 0.3 is 5.97 Å². The molecule has 0 saturated heterocycles. The van der Waals surface area contributed by atoms with Gasteiger partial charge < -0.3 is 14.3 Å². The predicted octanol–water partition coefficient (Wildman–Crippen LogP) is 0.352. The summed E-state index contributed by atoms with van der Waals surface area (Å²) in [6, 6.07) is 1.30. The predicted molar refractivity (Wildman–Crippen MR) is 62.9 cm³/mol. The first-order chi connectivity index (χ1) is 8.35. The summed E-state index contributed by atoms with van der Waals surface area (Å²) in [5, 5.41) is 8.81. The van der Waals surface area contributed by atoms with E-state index >= 15 is 0 Å². The van der Waals surface area contributed by atoms with Gasteiger partial charge in [0.15, 0.2) is 0 Å². The van der Waals surface area contributed by atoms with Crippen molar-refractivity contribution in [1.29, 1.82) is 0 Å². The number of nitrogens with one attached hydrogen (secondary N) is 1. The van der Waals surface area contributed by atoms with Crippen LogP contribution in [-0.4, -0.2) is 39.0 Å². The van der Waals surface area contributed by atoms with Crippen LogP contribution in [0.1, 0.15) is 21.9 Å². The van der Waals surface area contributed by atoms with E-state index in [9.17, 15) is 13.2 Å². The SMILES string of the molecule is COCCS(=O)(=O)NCc1cc(C(=O)O)c(C)o1. The molecular weight excluding hydrogens is 262 g/mol. The quantitative estimate of drug-likeness (QED) is 0.745. The summed E-state index contributed by atoms with van der Waals surface area (Å²) < 4.78 is 35.0. The highest BCUT2D eigenvalue weighted by molar-refractivity contribution is 7.89. The summed E-state index contributed by atoms with van der Waals surface area (Å²) in [5.41, 5.74) is 0.0288. The van der Waals surface area contributed by atoms with E-state index in [1.54, 1.807) is 0 Å². The van der Waals surface area contributed by atoms with Crippen molar-refractivity contribution < 1.29 is 27.5 Å². The van der Waals surface area contributed by atoms with Crippen molar-refractivity contribution in [2.75, 3.05) is 19.5 Å². The molecule has 0 spiro atoms. The number of ether oxygens (including phenoxy) is 1. The van der Waals surface area contributed by atoms with Crippen LogP contribution >= 0.6 is 0 Å². The topological polar surface area (TPSA) is 106 Å². The molecular formula is C10H15NO6S. The highest BCUT2D eigenvalue weighted by Gasteiger charge is 2.15. The monoisotopic (exact) mass is 277 g/mol. The Labute approximate surface area is 105 Å². The molecule has 0 aliphatic rings. The van der Waals surface area contributed by atoms with E-state index in [4.69, 9.17) is 9.52 Å². The van der Waals surface area contributed by atoms with Crippen LogP contribution in [0.2, 0.25) is 0 Å². The fourth-order valence-corrected chi connectivity index (χ4v) is 2.18. The lowest BCUT2D eigenvalue weighted by Gasteiger charge is -2.03. The van der Waals surface area contributed by atoms with Crippen LogP contribution in [0.3, 0.4) is 0 Å². The van der Waals surface area contributed by atoms with Crippen LogP contribution in [0, 0.1) is 6.92 Å². The molecule has 1 aromatic heterocycles. The third-order valence-electron chi connectivity index (χ3n) is 2.22. The lowest BCUT2D eigenvalue weighted by molar-refractivity contribution is 0.0695. The highest BCUT2D eigenvalue weighted by Crippen LogP contribution is 2.14. The zero-order valence-electron chi connectivity index (χ0n) is 10.1. The van der Waals surface area contributed by atoms with Gasteiger partial charge in [-0.05, 0) is 13.0 Å². The Bertz CT molecular complexity index is 518. The van der Waals surface area contributed by atoms with Crippen molar-refractivity contribution in [3.05, 3.63) is 23.2 Å². The van der Waals surface area contributed by atoms with E-state index in [0.29, 0.717) is 0 Å². The average molecular weight is 277 g/mol. The number of hydrogen-bond donors (Lipinski definition) is 2. The number of carboxylic acids is 1. The zero-order chi connectivity index (χ0) is 13.8. The lowest BCUT2D eigenvalue weighted by atomic mass is 10.2. The van der Waals surface area contributed by atoms with E-state index in [1.807, 2.05) is 0 Å². The van der Waals surface area contributed by atoms with E-state index in [-0.39, 0.29) is 36.0 Å². The van der Waals surface area contributed by atoms with Gasteiger partial charge in [-0.1, -0.05) is 0 Å². The molecule has 1 aromatic rings. The number of aryl methyl sites for hydroxylation is 1. The molecule has 1 rings (SSSR count). The summed E-state index contributed by atoms with van der Waals surface area (Å²) in [6.07, 6.45) is 0. The Hall–Kier alpha value is -1.38. The molecule has 0 bridgehead atoms. The Morgan fingerprint density at radius 1 is 1.56 bits per heavy atom. The maximum atomic E-state index is 11.4. The van der Waals surface area contributed by atoms with Crippen LogP contribution in [-0.2, 0) is 21.3 Å².